The molecule has 16 heavy (non-hydrogen) atoms. The highest BCUT2D eigenvalue weighted by molar-refractivity contribution is 5.86. The molecule has 0 spiro atoms. The highest BCUT2D eigenvalue weighted by atomic mass is 16.7. The molecule has 0 aromatic carbocycles. The second kappa shape index (κ2) is 5.90. The van der Waals surface area contributed by atoms with Crippen LogP contribution in [0.25, 0.3) is 0 Å². The zero-order chi connectivity index (χ0) is 12.0. The van der Waals surface area contributed by atoms with E-state index in [1.165, 1.54) is 0 Å². The van der Waals surface area contributed by atoms with Crippen molar-refractivity contribution in [3.63, 3.8) is 0 Å². The summed E-state index contributed by atoms with van der Waals surface area (Å²) >= 11 is 0. The van der Waals surface area contributed by atoms with Gasteiger partial charge in [0.15, 0.2) is 12.4 Å². The number of rotatable bonds is 5. The summed E-state index contributed by atoms with van der Waals surface area (Å²) < 4.78 is 12.0. The van der Waals surface area contributed by atoms with E-state index in [-0.39, 0.29) is 6.79 Å². The first-order valence-electron chi connectivity index (χ1n) is 5.08. The Morgan fingerprint density at radius 1 is 1.44 bits per heavy atom. The molecule has 0 atom stereocenters. The van der Waals surface area contributed by atoms with Crippen LogP contribution in [-0.4, -0.2) is 12.8 Å². The molecule has 1 aromatic rings. The predicted molar refractivity (Wildman–Crippen MR) is 58.7 cm³/mol. The summed E-state index contributed by atoms with van der Waals surface area (Å²) in [6, 6.07) is 3.64. The number of hydrogen-bond acceptors (Lipinski definition) is 3. The zero-order valence-corrected chi connectivity index (χ0v) is 9.60. The highest BCUT2D eigenvalue weighted by Gasteiger charge is 2.03. The molecule has 4 nitrogen and oxygen atoms in total. The van der Waals surface area contributed by atoms with Crippen molar-refractivity contribution in [2.24, 2.45) is 0 Å². The molecular weight excluding hydrogens is 206 g/mol. The minimum absolute atomic E-state index is 0.0954. The van der Waals surface area contributed by atoms with Crippen molar-refractivity contribution in [3.8, 4) is 5.75 Å². The van der Waals surface area contributed by atoms with Crippen LogP contribution in [-0.2, 0) is 16.1 Å². The van der Waals surface area contributed by atoms with E-state index in [1.54, 1.807) is 6.92 Å². The van der Waals surface area contributed by atoms with Gasteiger partial charge >= 0.3 is 5.97 Å². The van der Waals surface area contributed by atoms with Crippen molar-refractivity contribution >= 4 is 5.97 Å². The van der Waals surface area contributed by atoms with E-state index in [2.05, 4.69) is 13.5 Å². The van der Waals surface area contributed by atoms with Crippen molar-refractivity contribution in [3.05, 3.63) is 36.7 Å². The number of hydrogen-bond donors (Lipinski definition) is 0. The van der Waals surface area contributed by atoms with Gasteiger partial charge < -0.3 is 9.47 Å². The molecule has 0 fully saturated rings. The van der Waals surface area contributed by atoms with Crippen LogP contribution in [0.3, 0.4) is 0 Å². The maximum absolute atomic E-state index is 11.0. The third-order valence-corrected chi connectivity index (χ3v) is 1.99. The number of nitrogens with zero attached hydrogens (tertiary/aromatic N) is 1. The Labute approximate surface area is 95.1 Å². The van der Waals surface area contributed by atoms with Gasteiger partial charge in [-0.1, -0.05) is 6.58 Å². The van der Waals surface area contributed by atoms with Crippen LogP contribution in [0, 0.1) is 0 Å². The Bertz CT molecular complexity index is 370. The Morgan fingerprint density at radius 2 is 2.06 bits per heavy atom. The van der Waals surface area contributed by atoms with E-state index in [0.29, 0.717) is 11.3 Å². The first kappa shape index (κ1) is 12.2. The van der Waals surface area contributed by atoms with Gasteiger partial charge in [-0.25, -0.2) is 9.36 Å². The van der Waals surface area contributed by atoms with Crippen LogP contribution >= 0.6 is 0 Å². The summed E-state index contributed by atoms with van der Waals surface area (Å²) in [5.41, 5.74) is 0.362. The molecular formula is C12H16NO3+. The first-order valence-corrected chi connectivity index (χ1v) is 5.08. The van der Waals surface area contributed by atoms with Crippen molar-refractivity contribution in [1.82, 2.24) is 0 Å². The minimum Gasteiger partial charge on any atom is -0.457 e. The molecule has 0 bridgehead atoms. The Balaban J connectivity index is 2.37. The summed E-state index contributed by atoms with van der Waals surface area (Å²) in [4.78, 5) is 11.0. The summed E-state index contributed by atoms with van der Waals surface area (Å²) in [6.45, 7) is 7.93. The highest BCUT2D eigenvalue weighted by Crippen LogP contribution is 2.06. The van der Waals surface area contributed by atoms with E-state index in [1.807, 2.05) is 29.1 Å². The van der Waals surface area contributed by atoms with Gasteiger partial charge in [-0.15, -0.1) is 0 Å². The summed E-state index contributed by atoms with van der Waals surface area (Å²) in [5.74, 6) is 0.221. The summed E-state index contributed by atoms with van der Waals surface area (Å²) in [5, 5.41) is 0. The number of aryl methyl sites for hydroxylation is 1. The predicted octanol–water partition coefficient (Wildman–Crippen LogP) is 1.45. The molecule has 0 amide bonds. The zero-order valence-electron chi connectivity index (χ0n) is 9.60. The van der Waals surface area contributed by atoms with Gasteiger partial charge in [0.25, 0.3) is 0 Å². The van der Waals surface area contributed by atoms with Gasteiger partial charge in [-0.3, -0.25) is 0 Å². The number of carbonyl (C=O) groups is 1. The first-order chi connectivity index (χ1) is 7.63. The monoisotopic (exact) mass is 222 g/mol. The minimum atomic E-state index is -0.445. The molecule has 4 heteroatoms. The fraction of sp³-hybridized carbons (Fsp3) is 0.333. The molecule has 0 radical (unpaired) electrons. The van der Waals surface area contributed by atoms with Crippen LogP contribution in [0.2, 0.25) is 0 Å². The number of esters is 1. The van der Waals surface area contributed by atoms with Crippen LogP contribution in [0.4, 0.5) is 0 Å². The second-order valence-corrected chi connectivity index (χ2v) is 3.34. The van der Waals surface area contributed by atoms with Gasteiger partial charge in [0.05, 0.1) is 0 Å². The van der Waals surface area contributed by atoms with Gasteiger partial charge in [-0.2, -0.15) is 0 Å². The van der Waals surface area contributed by atoms with Crippen molar-refractivity contribution in [2.75, 3.05) is 6.79 Å². The molecule has 0 unspecified atom stereocenters. The van der Waals surface area contributed by atoms with Crippen LogP contribution in [0.15, 0.2) is 36.7 Å². The molecule has 1 aromatic heterocycles. The lowest BCUT2D eigenvalue weighted by atomic mass is 10.4. The SMILES string of the molecule is C=C(C)C(=O)OCOc1cc[n+](CC)cc1. The topological polar surface area (TPSA) is 39.4 Å². The van der Waals surface area contributed by atoms with E-state index >= 15 is 0 Å². The average molecular weight is 222 g/mol. The third kappa shape index (κ3) is 3.73. The average Bonchev–Trinajstić information content (AvgIpc) is 2.29. The fourth-order valence-corrected chi connectivity index (χ4v) is 1.02. The quantitative estimate of drug-likeness (QED) is 0.327. The van der Waals surface area contributed by atoms with Crippen LogP contribution in [0.1, 0.15) is 13.8 Å². The Hall–Kier alpha value is -1.84. The van der Waals surface area contributed by atoms with Gasteiger partial charge in [0.2, 0.25) is 6.79 Å². The van der Waals surface area contributed by atoms with Crippen LogP contribution in [0.5, 0.6) is 5.75 Å². The number of aromatic nitrogens is 1. The molecule has 0 saturated heterocycles. The molecule has 86 valence electrons. The molecule has 1 rings (SSSR count). The summed E-state index contributed by atoms with van der Waals surface area (Å²) in [6.07, 6.45) is 3.80. The fourth-order valence-electron chi connectivity index (χ4n) is 1.02. The smallest absolute Gasteiger partial charge is 0.335 e. The number of ether oxygens (including phenoxy) is 2. The van der Waals surface area contributed by atoms with Crippen molar-refractivity contribution < 1.29 is 18.8 Å². The van der Waals surface area contributed by atoms with Crippen LogP contribution < -0.4 is 9.30 Å². The second-order valence-electron chi connectivity index (χ2n) is 3.34. The lowest BCUT2D eigenvalue weighted by Gasteiger charge is -2.06. The standard InChI is InChI=1S/C12H16NO3/c1-4-13-7-5-11(6-8-13)15-9-16-12(14)10(2)3/h5-8H,2,4,9H2,1,3H3/q+1. The number of pyridine rings is 1. The number of carbonyl (C=O) groups excluding carboxylic acids is 1. The molecule has 0 saturated carbocycles. The lowest BCUT2D eigenvalue weighted by molar-refractivity contribution is -0.693. The van der Waals surface area contributed by atoms with Crippen molar-refractivity contribution in [2.45, 2.75) is 20.4 Å². The lowest BCUT2D eigenvalue weighted by Crippen LogP contribution is -2.30. The molecule has 0 aliphatic heterocycles. The van der Waals surface area contributed by atoms with Gasteiger partial charge in [0.1, 0.15) is 12.3 Å². The largest absolute Gasteiger partial charge is 0.457 e. The van der Waals surface area contributed by atoms with Crippen molar-refractivity contribution in [1.29, 1.82) is 0 Å². The Kier molecular flexibility index (Phi) is 4.51. The molecule has 1 heterocycles. The molecule has 0 aliphatic rings. The van der Waals surface area contributed by atoms with E-state index in [4.69, 9.17) is 9.47 Å². The third-order valence-electron chi connectivity index (χ3n) is 1.99. The van der Waals surface area contributed by atoms with Gasteiger partial charge in [0, 0.05) is 17.7 Å². The Morgan fingerprint density at radius 3 is 2.56 bits per heavy atom. The van der Waals surface area contributed by atoms with E-state index < -0.39 is 5.97 Å². The maximum Gasteiger partial charge on any atom is 0.335 e. The molecule has 0 N–H and O–H groups in total. The van der Waals surface area contributed by atoms with E-state index in [9.17, 15) is 4.79 Å². The molecule has 0 aliphatic carbocycles. The summed E-state index contributed by atoms with van der Waals surface area (Å²) in [7, 11) is 0. The maximum atomic E-state index is 11.0. The van der Waals surface area contributed by atoms with E-state index in [0.717, 1.165) is 6.54 Å². The van der Waals surface area contributed by atoms with Gasteiger partial charge in [-0.05, 0) is 13.8 Å². The normalized spacial score (nSPS) is 9.62.